The Morgan fingerprint density at radius 3 is 2.45 bits per heavy atom. The molecule has 1 amide bonds. The summed E-state index contributed by atoms with van der Waals surface area (Å²) in [4.78, 5) is 27.0. The predicted octanol–water partition coefficient (Wildman–Crippen LogP) is 1.96. The molecule has 0 saturated carbocycles. The highest BCUT2D eigenvalue weighted by Crippen LogP contribution is 2.11. The molecule has 1 aliphatic rings. The maximum atomic E-state index is 12.1. The van der Waals surface area contributed by atoms with Crippen LogP contribution >= 0.6 is 11.6 Å². The molecule has 20 heavy (non-hydrogen) atoms. The van der Waals surface area contributed by atoms with Crippen molar-refractivity contribution >= 4 is 23.3 Å². The van der Waals surface area contributed by atoms with Gasteiger partial charge in [0.1, 0.15) is 5.78 Å². The van der Waals surface area contributed by atoms with Crippen molar-refractivity contribution in [1.82, 2.24) is 9.80 Å². The number of carbonyl (C=O) groups excluding carboxylic acids is 2. The number of benzene rings is 1. The Kier molecular flexibility index (Phi) is 5.15. The third-order valence-corrected chi connectivity index (χ3v) is 3.70. The van der Waals surface area contributed by atoms with Gasteiger partial charge in [0.2, 0.25) is 5.91 Å². The summed E-state index contributed by atoms with van der Waals surface area (Å²) in [5, 5.41) is 0.713. The van der Waals surface area contributed by atoms with Crippen LogP contribution in [0.5, 0.6) is 0 Å². The Hall–Kier alpha value is -1.39. The number of carbonyl (C=O) groups is 2. The first-order valence-electron chi connectivity index (χ1n) is 6.77. The molecule has 5 heteroatoms. The lowest BCUT2D eigenvalue weighted by atomic mass is 10.1. The Balaban J connectivity index is 1.81. The lowest BCUT2D eigenvalue weighted by Crippen LogP contribution is -2.43. The Labute approximate surface area is 124 Å². The highest BCUT2D eigenvalue weighted by molar-refractivity contribution is 6.30. The molecule has 0 N–H and O–H groups in total. The van der Waals surface area contributed by atoms with Crippen LogP contribution in [0.1, 0.15) is 18.4 Å². The molecule has 0 radical (unpaired) electrons. The van der Waals surface area contributed by atoms with Gasteiger partial charge in [-0.05, 0) is 24.7 Å². The zero-order chi connectivity index (χ0) is 14.5. The summed E-state index contributed by atoms with van der Waals surface area (Å²) < 4.78 is 0. The van der Waals surface area contributed by atoms with Crippen molar-refractivity contribution in [2.24, 2.45) is 0 Å². The van der Waals surface area contributed by atoms with E-state index in [-0.39, 0.29) is 11.7 Å². The molecule has 0 spiro atoms. The maximum absolute atomic E-state index is 12.1. The van der Waals surface area contributed by atoms with Gasteiger partial charge in [0, 0.05) is 37.5 Å². The summed E-state index contributed by atoms with van der Waals surface area (Å²) in [5.41, 5.74) is 1.12. The first kappa shape index (κ1) is 15.0. The van der Waals surface area contributed by atoms with Crippen LogP contribution in [0.3, 0.4) is 0 Å². The number of amides is 1. The minimum Gasteiger partial charge on any atom is -0.341 e. The number of nitrogens with zero attached hydrogens (tertiary/aromatic N) is 2. The second-order valence-corrected chi connectivity index (χ2v) is 5.65. The predicted molar refractivity (Wildman–Crippen MR) is 78.6 cm³/mol. The van der Waals surface area contributed by atoms with Crippen LogP contribution in [0.25, 0.3) is 0 Å². The number of likely N-dealkylation sites (tertiary alicyclic amines) is 1. The van der Waals surface area contributed by atoms with E-state index in [9.17, 15) is 9.59 Å². The topological polar surface area (TPSA) is 40.6 Å². The van der Waals surface area contributed by atoms with Crippen molar-refractivity contribution in [2.45, 2.75) is 19.4 Å². The van der Waals surface area contributed by atoms with Crippen LogP contribution in [0.15, 0.2) is 24.3 Å². The van der Waals surface area contributed by atoms with E-state index in [0.29, 0.717) is 44.0 Å². The van der Waals surface area contributed by atoms with E-state index >= 15 is 0 Å². The van der Waals surface area contributed by atoms with E-state index in [1.807, 2.05) is 36.2 Å². The molecule has 1 fully saturated rings. The summed E-state index contributed by atoms with van der Waals surface area (Å²) in [6, 6.07) is 7.62. The minimum absolute atomic E-state index is 0.0916. The van der Waals surface area contributed by atoms with Gasteiger partial charge in [-0.2, -0.15) is 0 Å². The molecule has 0 bridgehead atoms. The second-order valence-electron chi connectivity index (χ2n) is 5.22. The van der Waals surface area contributed by atoms with E-state index in [1.54, 1.807) is 4.90 Å². The number of hydrogen-bond donors (Lipinski definition) is 0. The van der Waals surface area contributed by atoms with Crippen molar-refractivity contribution < 1.29 is 9.59 Å². The molecule has 0 atom stereocenters. The molecule has 2 rings (SSSR count). The van der Waals surface area contributed by atoms with Crippen LogP contribution in [-0.4, -0.2) is 48.2 Å². The summed E-state index contributed by atoms with van der Waals surface area (Å²) in [6.07, 6.45) is 0.985. The molecular weight excluding hydrogens is 276 g/mol. The van der Waals surface area contributed by atoms with Crippen molar-refractivity contribution in [2.75, 3.05) is 26.7 Å². The first-order chi connectivity index (χ1) is 9.54. The van der Waals surface area contributed by atoms with Gasteiger partial charge < -0.3 is 4.90 Å². The van der Waals surface area contributed by atoms with Crippen LogP contribution < -0.4 is 0 Å². The average Bonchev–Trinajstić information content (AvgIpc) is 2.42. The van der Waals surface area contributed by atoms with Gasteiger partial charge in [-0.1, -0.05) is 23.7 Å². The fourth-order valence-corrected chi connectivity index (χ4v) is 2.42. The van der Waals surface area contributed by atoms with Crippen molar-refractivity contribution in [3.8, 4) is 0 Å². The zero-order valence-electron chi connectivity index (χ0n) is 11.6. The van der Waals surface area contributed by atoms with Gasteiger partial charge in [-0.25, -0.2) is 0 Å². The Morgan fingerprint density at radius 1 is 1.25 bits per heavy atom. The molecular formula is C15H19ClN2O2. The van der Waals surface area contributed by atoms with Gasteiger partial charge in [-0.3, -0.25) is 14.5 Å². The molecule has 0 unspecified atom stereocenters. The third-order valence-electron chi connectivity index (χ3n) is 3.44. The SMILES string of the molecule is CN(CC(=O)N1CCC(=O)CC1)Cc1ccc(Cl)cc1. The Morgan fingerprint density at radius 2 is 1.85 bits per heavy atom. The van der Waals surface area contributed by atoms with Crippen molar-refractivity contribution in [3.05, 3.63) is 34.9 Å². The molecule has 1 heterocycles. The van der Waals surface area contributed by atoms with Crippen LogP contribution in [-0.2, 0) is 16.1 Å². The number of hydrogen-bond acceptors (Lipinski definition) is 3. The average molecular weight is 295 g/mol. The number of ketones is 1. The van der Waals surface area contributed by atoms with Gasteiger partial charge in [0.15, 0.2) is 0 Å². The van der Waals surface area contributed by atoms with Crippen molar-refractivity contribution in [3.63, 3.8) is 0 Å². The zero-order valence-corrected chi connectivity index (χ0v) is 12.4. The lowest BCUT2D eigenvalue weighted by molar-refractivity contribution is -0.135. The molecule has 1 aliphatic heterocycles. The summed E-state index contributed by atoms with van der Waals surface area (Å²) in [5.74, 6) is 0.345. The van der Waals surface area contributed by atoms with E-state index in [0.717, 1.165) is 5.56 Å². The molecule has 1 aromatic rings. The molecule has 0 aromatic heterocycles. The molecule has 108 valence electrons. The van der Waals surface area contributed by atoms with E-state index in [4.69, 9.17) is 11.6 Å². The molecule has 4 nitrogen and oxygen atoms in total. The number of piperidine rings is 1. The van der Waals surface area contributed by atoms with Gasteiger partial charge in [0.05, 0.1) is 6.54 Å². The molecule has 0 aliphatic carbocycles. The largest absolute Gasteiger partial charge is 0.341 e. The summed E-state index contributed by atoms with van der Waals surface area (Å²) >= 11 is 5.84. The van der Waals surface area contributed by atoms with Gasteiger partial charge >= 0.3 is 0 Å². The maximum Gasteiger partial charge on any atom is 0.236 e. The summed E-state index contributed by atoms with van der Waals surface area (Å²) in [6.45, 7) is 2.20. The fraction of sp³-hybridized carbons (Fsp3) is 0.467. The normalized spacial score (nSPS) is 15.8. The van der Waals surface area contributed by atoms with Crippen LogP contribution in [0.2, 0.25) is 5.02 Å². The lowest BCUT2D eigenvalue weighted by Gasteiger charge is -2.28. The van der Waals surface area contributed by atoms with Gasteiger partial charge in [-0.15, -0.1) is 0 Å². The van der Waals surface area contributed by atoms with E-state index < -0.39 is 0 Å². The van der Waals surface area contributed by atoms with Crippen LogP contribution in [0, 0.1) is 0 Å². The van der Waals surface area contributed by atoms with Gasteiger partial charge in [0.25, 0.3) is 0 Å². The van der Waals surface area contributed by atoms with Crippen LogP contribution in [0.4, 0.5) is 0 Å². The van der Waals surface area contributed by atoms with E-state index in [2.05, 4.69) is 0 Å². The molecule has 1 aromatic carbocycles. The number of Topliss-reactive ketones (excluding diaryl/α,β-unsaturated/α-hetero) is 1. The second kappa shape index (κ2) is 6.86. The Bertz CT molecular complexity index is 477. The smallest absolute Gasteiger partial charge is 0.236 e. The molecule has 1 saturated heterocycles. The third kappa shape index (κ3) is 4.32. The van der Waals surface area contributed by atoms with E-state index in [1.165, 1.54) is 0 Å². The standard InChI is InChI=1S/C15H19ClN2O2/c1-17(10-12-2-4-13(16)5-3-12)11-15(20)18-8-6-14(19)7-9-18/h2-5H,6-11H2,1H3. The van der Waals surface area contributed by atoms with Crippen molar-refractivity contribution in [1.29, 1.82) is 0 Å². The number of halogens is 1. The fourth-order valence-electron chi connectivity index (χ4n) is 2.29. The minimum atomic E-state index is 0.0916. The highest BCUT2D eigenvalue weighted by Gasteiger charge is 2.21. The first-order valence-corrected chi connectivity index (χ1v) is 7.15. The summed E-state index contributed by atoms with van der Waals surface area (Å²) in [7, 11) is 1.92. The highest BCUT2D eigenvalue weighted by atomic mass is 35.5. The monoisotopic (exact) mass is 294 g/mol. The quantitative estimate of drug-likeness (QED) is 0.852. The number of likely N-dealkylation sites (N-methyl/N-ethyl adjacent to an activating group) is 1. The number of rotatable bonds is 4.